The largest absolute Gasteiger partial charge is 0.496 e. The molecular formula is C12H13NO2S. The Labute approximate surface area is 98.4 Å². The number of aryl methyl sites for hydroxylation is 1. The lowest BCUT2D eigenvalue weighted by atomic mass is 10.1. The fraction of sp³-hybridized carbons (Fsp3) is 0.250. The van der Waals surface area contributed by atoms with Crippen LogP contribution in [0.3, 0.4) is 0 Å². The number of rotatable bonds is 3. The number of nitrogens with zero attached hydrogens (tertiary/aromatic N) is 1. The lowest BCUT2D eigenvalue weighted by molar-refractivity contribution is 0.278. The Balaban J connectivity index is 2.37. The summed E-state index contributed by atoms with van der Waals surface area (Å²) in [6.45, 7) is 1.99. The first-order valence-corrected chi connectivity index (χ1v) is 5.83. The molecule has 0 fully saturated rings. The van der Waals surface area contributed by atoms with E-state index >= 15 is 0 Å². The monoisotopic (exact) mass is 235 g/mol. The lowest BCUT2D eigenvalue weighted by Gasteiger charge is -2.05. The molecule has 0 saturated carbocycles. The van der Waals surface area contributed by atoms with Gasteiger partial charge in [-0.2, -0.15) is 0 Å². The van der Waals surface area contributed by atoms with Crippen molar-refractivity contribution >= 4 is 11.3 Å². The van der Waals surface area contributed by atoms with Gasteiger partial charge in [-0.05, 0) is 30.7 Å². The highest BCUT2D eigenvalue weighted by atomic mass is 32.1. The predicted molar refractivity (Wildman–Crippen MR) is 64.8 cm³/mol. The maximum atomic E-state index is 8.96. The van der Waals surface area contributed by atoms with Gasteiger partial charge in [0.25, 0.3) is 0 Å². The summed E-state index contributed by atoms with van der Waals surface area (Å²) in [4.78, 5) is 4.32. The number of benzene rings is 1. The zero-order valence-corrected chi connectivity index (χ0v) is 10.0. The van der Waals surface area contributed by atoms with Gasteiger partial charge in [-0.1, -0.05) is 0 Å². The van der Waals surface area contributed by atoms with Crippen molar-refractivity contribution in [2.45, 2.75) is 13.5 Å². The van der Waals surface area contributed by atoms with Crippen molar-refractivity contribution < 1.29 is 9.84 Å². The predicted octanol–water partition coefficient (Wildman–Crippen LogP) is 2.62. The normalized spacial score (nSPS) is 10.4. The molecule has 3 nitrogen and oxygen atoms in total. The summed E-state index contributed by atoms with van der Waals surface area (Å²) in [5, 5.41) is 11.8. The molecule has 0 spiro atoms. The summed E-state index contributed by atoms with van der Waals surface area (Å²) in [5.41, 5.74) is 2.86. The van der Waals surface area contributed by atoms with Gasteiger partial charge < -0.3 is 9.84 Å². The maximum absolute atomic E-state index is 8.96. The first kappa shape index (κ1) is 11.1. The van der Waals surface area contributed by atoms with Crippen LogP contribution in [0, 0.1) is 6.92 Å². The number of aromatic nitrogens is 1. The van der Waals surface area contributed by atoms with E-state index in [2.05, 4.69) is 4.98 Å². The topological polar surface area (TPSA) is 42.4 Å². The highest BCUT2D eigenvalue weighted by Crippen LogP contribution is 2.28. The molecule has 0 atom stereocenters. The number of thiazole rings is 1. The summed E-state index contributed by atoms with van der Waals surface area (Å²) in [6.07, 6.45) is 0. The molecule has 1 aromatic carbocycles. The van der Waals surface area contributed by atoms with Crippen LogP contribution < -0.4 is 4.74 Å². The van der Waals surface area contributed by atoms with Crippen LogP contribution in [0.15, 0.2) is 23.6 Å². The molecule has 0 aliphatic rings. The van der Waals surface area contributed by atoms with Gasteiger partial charge in [-0.3, -0.25) is 0 Å². The van der Waals surface area contributed by atoms with E-state index in [1.54, 1.807) is 7.11 Å². The van der Waals surface area contributed by atoms with Crippen LogP contribution in [-0.2, 0) is 6.61 Å². The van der Waals surface area contributed by atoms with Crippen LogP contribution >= 0.6 is 11.3 Å². The van der Waals surface area contributed by atoms with Gasteiger partial charge in [0.2, 0.25) is 0 Å². The summed E-state index contributed by atoms with van der Waals surface area (Å²) in [7, 11) is 1.66. The second-order valence-electron chi connectivity index (χ2n) is 3.49. The van der Waals surface area contributed by atoms with Gasteiger partial charge in [0.15, 0.2) is 0 Å². The number of aliphatic hydroxyl groups excluding tert-OH is 1. The Bertz CT molecular complexity index is 494. The quantitative estimate of drug-likeness (QED) is 0.889. The van der Waals surface area contributed by atoms with E-state index in [9.17, 15) is 0 Å². The van der Waals surface area contributed by atoms with E-state index in [0.717, 1.165) is 21.9 Å². The van der Waals surface area contributed by atoms with Gasteiger partial charge in [0.05, 0.1) is 19.4 Å². The number of hydrogen-bond donors (Lipinski definition) is 1. The molecule has 0 amide bonds. The zero-order valence-electron chi connectivity index (χ0n) is 9.23. The van der Waals surface area contributed by atoms with Crippen molar-refractivity contribution in [1.29, 1.82) is 0 Å². The standard InChI is InChI=1S/C12H13NO2S/c1-8-5-9(3-4-11(8)15-2)12-13-10(6-14)7-16-12/h3-5,7,14H,6H2,1-2H3. The van der Waals surface area contributed by atoms with Crippen LogP contribution in [-0.4, -0.2) is 17.2 Å². The number of methoxy groups -OCH3 is 1. The number of ether oxygens (including phenoxy) is 1. The van der Waals surface area contributed by atoms with E-state index in [-0.39, 0.29) is 6.61 Å². The van der Waals surface area contributed by atoms with Crippen molar-refractivity contribution in [2.24, 2.45) is 0 Å². The SMILES string of the molecule is COc1ccc(-c2nc(CO)cs2)cc1C. The molecule has 2 rings (SSSR count). The first-order valence-electron chi connectivity index (χ1n) is 4.95. The second-order valence-corrected chi connectivity index (χ2v) is 4.34. The zero-order chi connectivity index (χ0) is 11.5. The van der Waals surface area contributed by atoms with Crippen LogP contribution in [0.4, 0.5) is 0 Å². The van der Waals surface area contributed by atoms with Crippen LogP contribution in [0.1, 0.15) is 11.3 Å². The summed E-state index contributed by atoms with van der Waals surface area (Å²) in [5.74, 6) is 0.877. The molecule has 0 unspecified atom stereocenters. The summed E-state index contributed by atoms with van der Waals surface area (Å²) in [6, 6.07) is 5.95. The second kappa shape index (κ2) is 4.63. The molecule has 0 saturated heterocycles. The van der Waals surface area contributed by atoms with Crippen molar-refractivity contribution in [3.63, 3.8) is 0 Å². The van der Waals surface area contributed by atoms with Gasteiger partial charge in [-0.25, -0.2) is 4.98 Å². The van der Waals surface area contributed by atoms with Crippen molar-refractivity contribution in [3.05, 3.63) is 34.8 Å². The van der Waals surface area contributed by atoms with E-state index in [4.69, 9.17) is 9.84 Å². The Kier molecular flexibility index (Phi) is 3.22. The molecule has 0 aliphatic carbocycles. The third kappa shape index (κ3) is 2.08. The Morgan fingerprint density at radius 1 is 1.44 bits per heavy atom. The molecule has 0 bridgehead atoms. The molecule has 84 valence electrons. The molecule has 4 heteroatoms. The summed E-state index contributed by atoms with van der Waals surface area (Å²) < 4.78 is 5.21. The Morgan fingerprint density at radius 2 is 2.25 bits per heavy atom. The number of hydrogen-bond acceptors (Lipinski definition) is 4. The molecule has 0 radical (unpaired) electrons. The van der Waals surface area contributed by atoms with E-state index in [1.807, 2.05) is 30.5 Å². The minimum Gasteiger partial charge on any atom is -0.496 e. The van der Waals surface area contributed by atoms with Crippen molar-refractivity contribution in [3.8, 4) is 16.3 Å². The van der Waals surface area contributed by atoms with E-state index in [1.165, 1.54) is 11.3 Å². The highest BCUT2D eigenvalue weighted by Gasteiger charge is 2.06. The third-order valence-electron chi connectivity index (χ3n) is 2.36. The Morgan fingerprint density at radius 3 is 2.81 bits per heavy atom. The third-order valence-corrected chi connectivity index (χ3v) is 3.30. The summed E-state index contributed by atoms with van der Waals surface area (Å²) >= 11 is 1.54. The van der Waals surface area contributed by atoms with Crippen molar-refractivity contribution in [1.82, 2.24) is 4.98 Å². The molecule has 2 aromatic rings. The fourth-order valence-corrected chi connectivity index (χ4v) is 2.33. The molecule has 1 N–H and O–H groups in total. The Hall–Kier alpha value is -1.39. The minimum absolute atomic E-state index is 0.00830. The highest BCUT2D eigenvalue weighted by molar-refractivity contribution is 7.13. The lowest BCUT2D eigenvalue weighted by Crippen LogP contribution is -1.88. The van der Waals surface area contributed by atoms with Gasteiger partial charge in [0, 0.05) is 10.9 Å². The molecular weight excluding hydrogens is 222 g/mol. The van der Waals surface area contributed by atoms with Crippen LogP contribution in [0.25, 0.3) is 10.6 Å². The minimum atomic E-state index is -0.00830. The smallest absolute Gasteiger partial charge is 0.123 e. The van der Waals surface area contributed by atoms with Gasteiger partial charge in [-0.15, -0.1) is 11.3 Å². The van der Waals surface area contributed by atoms with Crippen LogP contribution in [0.2, 0.25) is 0 Å². The fourth-order valence-electron chi connectivity index (χ4n) is 1.52. The van der Waals surface area contributed by atoms with E-state index in [0.29, 0.717) is 5.69 Å². The van der Waals surface area contributed by atoms with E-state index < -0.39 is 0 Å². The van der Waals surface area contributed by atoms with Crippen LogP contribution in [0.5, 0.6) is 5.75 Å². The van der Waals surface area contributed by atoms with Gasteiger partial charge >= 0.3 is 0 Å². The van der Waals surface area contributed by atoms with Crippen molar-refractivity contribution in [2.75, 3.05) is 7.11 Å². The maximum Gasteiger partial charge on any atom is 0.123 e. The first-order chi connectivity index (χ1) is 7.74. The molecule has 1 heterocycles. The average molecular weight is 235 g/mol. The average Bonchev–Trinajstić information content (AvgIpc) is 2.77. The molecule has 0 aliphatic heterocycles. The molecule has 16 heavy (non-hydrogen) atoms. The molecule has 1 aromatic heterocycles. The van der Waals surface area contributed by atoms with Gasteiger partial charge in [0.1, 0.15) is 10.8 Å². The number of aliphatic hydroxyl groups is 1.